The molecule has 0 radical (unpaired) electrons. The van der Waals surface area contributed by atoms with Crippen LogP contribution < -0.4 is 5.32 Å². The molecule has 1 N–H and O–H groups in total. The summed E-state index contributed by atoms with van der Waals surface area (Å²) in [5.74, 6) is 2.26. The van der Waals surface area contributed by atoms with Crippen LogP contribution in [0.2, 0.25) is 0 Å². The van der Waals surface area contributed by atoms with Crippen molar-refractivity contribution in [1.82, 2.24) is 4.98 Å². The smallest absolute Gasteiger partial charge is 0.127 e. The minimum Gasteiger partial charge on any atom is -0.367 e. The molecule has 0 bridgehead atoms. The summed E-state index contributed by atoms with van der Waals surface area (Å²) in [5, 5.41) is 12.5. The Bertz CT molecular complexity index is 461. The Balaban J connectivity index is 2.13. The lowest BCUT2D eigenvalue weighted by atomic mass is 9.78. The first-order valence-corrected chi connectivity index (χ1v) is 6.75. The van der Waals surface area contributed by atoms with Crippen LogP contribution in [-0.2, 0) is 0 Å². The summed E-state index contributed by atoms with van der Waals surface area (Å²) in [5.41, 5.74) is 1.58. The number of hydrogen-bond donors (Lipinski definition) is 1. The predicted molar refractivity (Wildman–Crippen MR) is 73.3 cm³/mol. The van der Waals surface area contributed by atoms with E-state index in [9.17, 15) is 0 Å². The molecule has 0 amide bonds. The summed E-state index contributed by atoms with van der Waals surface area (Å²) >= 11 is 0. The topological polar surface area (TPSA) is 48.7 Å². The zero-order chi connectivity index (χ0) is 13.1. The van der Waals surface area contributed by atoms with Gasteiger partial charge in [-0.2, -0.15) is 5.26 Å². The van der Waals surface area contributed by atoms with Crippen LogP contribution in [0.3, 0.4) is 0 Å². The zero-order valence-corrected chi connectivity index (χ0v) is 11.4. The summed E-state index contributed by atoms with van der Waals surface area (Å²) in [6.45, 7) is 6.56. The van der Waals surface area contributed by atoms with Crippen LogP contribution in [0.5, 0.6) is 0 Å². The molecule has 3 nitrogen and oxygen atoms in total. The van der Waals surface area contributed by atoms with Crippen LogP contribution in [0.25, 0.3) is 0 Å². The van der Waals surface area contributed by atoms with Crippen molar-refractivity contribution in [3.8, 4) is 6.07 Å². The van der Waals surface area contributed by atoms with Crippen molar-refractivity contribution in [2.24, 2.45) is 11.8 Å². The number of hydrogen-bond acceptors (Lipinski definition) is 3. The van der Waals surface area contributed by atoms with E-state index < -0.39 is 0 Å². The zero-order valence-electron chi connectivity index (χ0n) is 11.4. The molecule has 1 aliphatic rings. The molecule has 0 spiro atoms. The number of nitrogens with zero attached hydrogens (tertiary/aromatic N) is 2. The van der Waals surface area contributed by atoms with Gasteiger partial charge >= 0.3 is 0 Å². The van der Waals surface area contributed by atoms with Crippen molar-refractivity contribution in [2.75, 3.05) is 5.32 Å². The van der Waals surface area contributed by atoms with Gasteiger partial charge in [0.1, 0.15) is 5.82 Å². The number of aromatic nitrogens is 1. The van der Waals surface area contributed by atoms with E-state index in [-0.39, 0.29) is 0 Å². The van der Waals surface area contributed by atoms with Crippen LogP contribution in [0, 0.1) is 30.1 Å². The molecule has 0 aliphatic heterocycles. The van der Waals surface area contributed by atoms with E-state index in [0.717, 1.165) is 17.4 Å². The Morgan fingerprint density at radius 1 is 1.33 bits per heavy atom. The number of aryl methyl sites for hydroxylation is 1. The second-order valence-electron chi connectivity index (χ2n) is 5.51. The van der Waals surface area contributed by atoms with Crippen LogP contribution in [-0.4, -0.2) is 11.0 Å². The predicted octanol–water partition coefficient (Wildman–Crippen LogP) is 3.50. The number of pyridine rings is 1. The molecule has 0 saturated heterocycles. The molecule has 3 atom stereocenters. The lowest BCUT2D eigenvalue weighted by molar-refractivity contribution is 0.253. The fraction of sp³-hybridized carbons (Fsp3) is 0.600. The van der Waals surface area contributed by atoms with Crippen molar-refractivity contribution in [1.29, 1.82) is 5.26 Å². The lowest BCUT2D eigenvalue weighted by Crippen LogP contribution is -2.35. The van der Waals surface area contributed by atoms with Gasteiger partial charge in [0.25, 0.3) is 0 Å². The highest BCUT2D eigenvalue weighted by molar-refractivity contribution is 5.45. The van der Waals surface area contributed by atoms with Crippen molar-refractivity contribution in [3.63, 3.8) is 0 Å². The van der Waals surface area contributed by atoms with Crippen LogP contribution in [0.15, 0.2) is 12.1 Å². The van der Waals surface area contributed by atoms with Crippen molar-refractivity contribution < 1.29 is 0 Å². The number of nitrogens with one attached hydrogen (secondary N) is 1. The molecule has 1 heterocycles. The second kappa shape index (κ2) is 5.39. The maximum atomic E-state index is 8.98. The molecule has 1 aromatic heterocycles. The highest BCUT2D eigenvalue weighted by Crippen LogP contribution is 2.31. The first kappa shape index (κ1) is 12.9. The molecule has 1 aliphatic carbocycles. The third-order valence-corrected chi connectivity index (χ3v) is 4.12. The van der Waals surface area contributed by atoms with Crippen LogP contribution >= 0.6 is 0 Å². The van der Waals surface area contributed by atoms with Crippen LogP contribution in [0.4, 0.5) is 5.82 Å². The van der Waals surface area contributed by atoms with E-state index in [2.05, 4.69) is 30.2 Å². The van der Waals surface area contributed by atoms with Crippen LogP contribution in [0.1, 0.15) is 44.4 Å². The summed E-state index contributed by atoms with van der Waals surface area (Å²) in [6, 6.07) is 6.33. The molecular weight excluding hydrogens is 222 g/mol. The molecule has 18 heavy (non-hydrogen) atoms. The Morgan fingerprint density at radius 3 is 2.83 bits per heavy atom. The molecule has 1 fully saturated rings. The molecule has 96 valence electrons. The number of anilines is 1. The largest absolute Gasteiger partial charge is 0.367 e. The van der Waals surface area contributed by atoms with E-state index >= 15 is 0 Å². The average Bonchev–Trinajstić information content (AvgIpc) is 2.34. The third-order valence-electron chi connectivity index (χ3n) is 4.12. The molecule has 3 heteroatoms. The first-order chi connectivity index (χ1) is 8.60. The Kier molecular flexibility index (Phi) is 3.86. The van der Waals surface area contributed by atoms with Gasteiger partial charge in [-0.25, -0.2) is 4.98 Å². The monoisotopic (exact) mass is 243 g/mol. The lowest BCUT2D eigenvalue weighted by Gasteiger charge is -2.35. The first-order valence-electron chi connectivity index (χ1n) is 6.75. The SMILES string of the molecule is Cc1cc(C#N)cc(NC2CCCC(C)C2C)n1. The fourth-order valence-electron chi connectivity index (χ4n) is 2.78. The normalized spacial score (nSPS) is 27.6. The fourth-order valence-corrected chi connectivity index (χ4v) is 2.78. The average molecular weight is 243 g/mol. The van der Waals surface area contributed by atoms with E-state index in [1.807, 2.05) is 19.1 Å². The number of nitriles is 1. The standard InChI is InChI=1S/C15H21N3/c1-10-5-4-6-14(12(10)3)18-15-8-13(9-16)7-11(2)17-15/h7-8,10,12,14H,4-6H2,1-3H3,(H,17,18). The molecule has 3 unspecified atom stereocenters. The van der Waals surface area contributed by atoms with Gasteiger partial charge in [0.15, 0.2) is 0 Å². The minimum absolute atomic E-state index is 0.481. The van der Waals surface area contributed by atoms with Gasteiger partial charge in [0, 0.05) is 11.7 Å². The van der Waals surface area contributed by atoms with Crippen molar-refractivity contribution in [2.45, 2.75) is 46.1 Å². The Labute approximate surface area is 109 Å². The number of rotatable bonds is 2. The van der Waals surface area contributed by atoms with Gasteiger partial charge in [0.2, 0.25) is 0 Å². The van der Waals surface area contributed by atoms with E-state index in [0.29, 0.717) is 17.5 Å². The van der Waals surface area contributed by atoms with E-state index in [4.69, 9.17) is 5.26 Å². The Morgan fingerprint density at radius 2 is 2.11 bits per heavy atom. The summed E-state index contributed by atoms with van der Waals surface area (Å²) in [7, 11) is 0. The van der Waals surface area contributed by atoms with E-state index in [1.165, 1.54) is 19.3 Å². The summed E-state index contributed by atoms with van der Waals surface area (Å²) in [4.78, 5) is 4.47. The van der Waals surface area contributed by atoms with Gasteiger partial charge in [-0.3, -0.25) is 0 Å². The molecule has 1 saturated carbocycles. The molecular formula is C15H21N3. The Hall–Kier alpha value is -1.56. The third kappa shape index (κ3) is 2.81. The minimum atomic E-state index is 0.481. The van der Waals surface area contributed by atoms with Gasteiger partial charge in [-0.05, 0) is 37.3 Å². The molecule has 0 aromatic carbocycles. The molecule has 2 rings (SSSR count). The van der Waals surface area contributed by atoms with Gasteiger partial charge in [-0.15, -0.1) is 0 Å². The highest BCUT2D eigenvalue weighted by atomic mass is 15.0. The van der Waals surface area contributed by atoms with Crippen molar-refractivity contribution >= 4 is 5.82 Å². The van der Waals surface area contributed by atoms with E-state index in [1.54, 1.807) is 0 Å². The summed E-state index contributed by atoms with van der Waals surface area (Å²) in [6.07, 6.45) is 3.80. The van der Waals surface area contributed by atoms with Gasteiger partial charge in [-0.1, -0.05) is 26.7 Å². The van der Waals surface area contributed by atoms with Gasteiger partial charge < -0.3 is 5.32 Å². The second-order valence-corrected chi connectivity index (χ2v) is 5.51. The van der Waals surface area contributed by atoms with Crippen molar-refractivity contribution in [3.05, 3.63) is 23.4 Å². The highest BCUT2D eigenvalue weighted by Gasteiger charge is 2.27. The van der Waals surface area contributed by atoms with Gasteiger partial charge in [0.05, 0.1) is 11.6 Å². The quantitative estimate of drug-likeness (QED) is 0.864. The summed E-state index contributed by atoms with van der Waals surface area (Å²) < 4.78 is 0. The maximum Gasteiger partial charge on any atom is 0.127 e. The maximum absolute atomic E-state index is 8.98. The molecule has 1 aromatic rings.